The molecule has 1 amide bonds. The van der Waals surface area contributed by atoms with Crippen LogP contribution in [0.25, 0.3) is 0 Å². The number of amides is 1. The van der Waals surface area contributed by atoms with Crippen LogP contribution in [0.4, 0.5) is 0 Å². The SMILES string of the molecule is CCC(O)(CC)CNC(=O)C1OCCc2ccccc21. The first-order valence-corrected chi connectivity index (χ1v) is 7.29. The fourth-order valence-electron chi connectivity index (χ4n) is 2.46. The summed E-state index contributed by atoms with van der Waals surface area (Å²) in [6.07, 6.45) is 1.52. The minimum absolute atomic E-state index is 0.169. The zero-order valence-corrected chi connectivity index (χ0v) is 12.2. The number of carbonyl (C=O) groups is 1. The summed E-state index contributed by atoms with van der Waals surface area (Å²) in [4.78, 5) is 12.3. The Morgan fingerprint density at radius 1 is 1.40 bits per heavy atom. The topological polar surface area (TPSA) is 58.6 Å². The molecule has 2 N–H and O–H groups in total. The number of ether oxygens (including phenoxy) is 1. The van der Waals surface area contributed by atoms with Crippen molar-refractivity contribution in [1.29, 1.82) is 0 Å². The van der Waals surface area contributed by atoms with Crippen molar-refractivity contribution in [2.45, 2.75) is 44.8 Å². The first kappa shape index (κ1) is 15.0. The second kappa shape index (κ2) is 6.37. The molecule has 1 aliphatic heterocycles. The number of aliphatic hydroxyl groups is 1. The predicted molar refractivity (Wildman–Crippen MR) is 77.4 cm³/mol. The first-order valence-electron chi connectivity index (χ1n) is 7.29. The van der Waals surface area contributed by atoms with Gasteiger partial charge in [0.05, 0.1) is 12.2 Å². The van der Waals surface area contributed by atoms with Gasteiger partial charge in [0.2, 0.25) is 0 Å². The minimum Gasteiger partial charge on any atom is -0.388 e. The summed E-state index contributed by atoms with van der Waals surface area (Å²) in [7, 11) is 0. The molecule has 1 atom stereocenters. The van der Waals surface area contributed by atoms with Gasteiger partial charge in [0.15, 0.2) is 6.10 Å². The average molecular weight is 277 g/mol. The van der Waals surface area contributed by atoms with Gasteiger partial charge in [0.1, 0.15) is 0 Å². The molecule has 1 heterocycles. The summed E-state index contributed by atoms with van der Waals surface area (Å²) < 4.78 is 5.61. The summed E-state index contributed by atoms with van der Waals surface area (Å²) in [5.41, 5.74) is 1.28. The highest BCUT2D eigenvalue weighted by molar-refractivity contribution is 5.83. The normalized spacial score (nSPS) is 18.4. The van der Waals surface area contributed by atoms with Crippen LogP contribution in [0.2, 0.25) is 0 Å². The lowest BCUT2D eigenvalue weighted by atomic mass is 9.95. The summed E-state index contributed by atoms with van der Waals surface area (Å²) >= 11 is 0. The maximum absolute atomic E-state index is 12.3. The molecule has 0 spiro atoms. The van der Waals surface area contributed by atoms with Crippen LogP contribution >= 0.6 is 0 Å². The van der Waals surface area contributed by atoms with Crippen molar-refractivity contribution in [3.05, 3.63) is 35.4 Å². The standard InChI is InChI=1S/C16H23NO3/c1-3-16(19,4-2)11-17-15(18)14-13-8-6-5-7-12(13)9-10-20-14/h5-8,14,19H,3-4,9-11H2,1-2H3,(H,17,18). The van der Waals surface area contributed by atoms with E-state index in [9.17, 15) is 9.90 Å². The van der Waals surface area contributed by atoms with Crippen LogP contribution in [0, 0.1) is 0 Å². The van der Waals surface area contributed by atoms with Gasteiger partial charge in [0, 0.05) is 6.54 Å². The number of rotatable bonds is 5. The molecule has 1 unspecified atom stereocenters. The van der Waals surface area contributed by atoms with E-state index in [0.29, 0.717) is 19.4 Å². The number of hydrogen-bond acceptors (Lipinski definition) is 3. The van der Waals surface area contributed by atoms with Gasteiger partial charge < -0.3 is 15.2 Å². The second-order valence-electron chi connectivity index (χ2n) is 5.35. The summed E-state index contributed by atoms with van der Waals surface area (Å²) in [5, 5.41) is 13.0. The number of fused-ring (bicyclic) bond motifs is 1. The molecule has 0 bridgehead atoms. The lowest BCUT2D eigenvalue weighted by Crippen LogP contribution is -2.44. The van der Waals surface area contributed by atoms with Gasteiger partial charge in [-0.3, -0.25) is 4.79 Å². The Morgan fingerprint density at radius 2 is 2.10 bits per heavy atom. The molecule has 0 saturated carbocycles. The van der Waals surface area contributed by atoms with Gasteiger partial charge >= 0.3 is 0 Å². The van der Waals surface area contributed by atoms with E-state index < -0.39 is 11.7 Å². The van der Waals surface area contributed by atoms with E-state index in [1.807, 2.05) is 38.1 Å². The van der Waals surface area contributed by atoms with Crippen LogP contribution in [-0.2, 0) is 16.0 Å². The van der Waals surface area contributed by atoms with E-state index in [1.54, 1.807) is 0 Å². The molecule has 4 heteroatoms. The number of hydrogen-bond donors (Lipinski definition) is 2. The molecule has 20 heavy (non-hydrogen) atoms. The van der Waals surface area contributed by atoms with Crippen LogP contribution in [0.1, 0.15) is 43.9 Å². The van der Waals surface area contributed by atoms with Crippen molar-refractivity contribution < 1.29 is 14.6 Å². The molecule has 110 valence electrons. The molecule has 4 nitrogen and oxygen atoms in total. The van der Waals surface area contributed by atoms with Crippen LogP contribution in [0.15, 0.2) is 24.3 Å². The lowest BCUT2D eigenvalue weighted by Gasteiger charge is -2.29. The van der Waals surface area contributed by atoms with Crippen molar-refractivity contribution in [2.24, 2.45) is 0 Å². The largest absolute Gasteiger partial charge is 0.388 e. The molecule has 1 aromatic carbocycles. The van der Waals surface area contributed by atoms with Crippen molar-refractivity contribution >= 4 is 5.91 Å². The fraction of sp³-hybridized carbons (Fsp3) is 0.562. The predicted octanol–water partition coefficient (Wildman–Crippen LogP) is 1.97. The summed E-state index contributed by atoms with van der Waals surface area (Å²) in [6, 6.07) is 7.87. The monoisotopic (exact) mass is 277 g/mol. The molecule has 1 aliphatic rings. The Hall–Kier alpha value is -1.39. The second-order valence-corrected chi connectivity index (χ2v) is 5.35. The van der Waals surface area contributed by atoms with Crippen molar-refractivity contribution in [3.63, 3.8) is 0 Å². The molecular formula is C16H23NO3. The quantitative estimate of drug-likeness (QED) is 0.865. The molecule has 1 aromatic rings. The third-order valence-corrected chi connectivity index (χ3v) is 4.14. The van der Waals surface area contributed by atoms with Crippen LogP contribution in [0.3, 0.4) is 0 Å². The van der Waals surface area contributed by atoms with Crippen LogP contribution < -0.4 is 5.32 Å². The highest BCUT2D eigenvalue weighted by atomic mass is 16.5. The van der Waals surface area contributed by atoms with Gasteiger partial charge in [-0.05, 0) is 30.4 Å². The summed E-state index contributed by atoms with van der Waals surface area (Å²) in [5.74, 6) is -0.169. The van der Waals surface area contributed by atoms with Crippen LogP contribution in [0.5, 0.6) is 0 Å². The number of benzene rings is 1. The Balaban J connectivity index is 2.04. The van der Waals surface area contributed by atoms with Gasteiger partial charge in [-0.15, -0.1) is 0 Å². The third kappa shape index (κ3) is 3.19. The average Bonchev–Trinajstić information content (AvgIpc) is 2.51. The van der Waals surface area contributed by atoms with Crippen molar-refractivity contribution in [1.82, 2.24) is 5.32 Å². The van der Waals surface area contributed by atoms with E-state index in [2.05, 4.69) is 5.32 Å². The maximum Gasteiger partial charge on any atom is 0.253 e. The Bertz CT molecular complexity index is 469. The fourth-order valence-corrected chi connectivity index (χ4v) is 2.46. The third-order valence-electron chi connectivity index (χ3n) is 4.14. The molecule has 0 aromatic heterocycles. The zero-order valence-electron chi connectivity index (χ0n) is 12.2. The van der Waals surface area contributed by atoms with Gasteiger partial charge in [-0.25, -0.2) is 0 Å². The van der Waals surface area contributed by atoms with E-state index >= 15 is 0 Å². The number of carbonyl (C=O) groups excluding carboxylic acids is 1. The number of nitrogens with one attached hydrogen (secondary N) is 1. The molecule has 0 saturated heterocycles. The molecule has 0 aliphatic carbocycles. The van der Waals surface area contributed by atoms with E-state index in [4.69, 9.17) is 4.74 Å². The van der Waals surface area contributed by atoms with E-state index in [1.165, 1.54) is 5.56 Å². The zero-order chi connectivity index (χ0) is 14.6. The smallest absolute Gasteiger partial charge is 0.253 e. The Kier molecular flexibility index (Phi) is 4.78. The van der Waals surface area contributed by atoms with Crippen molar-refractivity contribution in [2.75, 3.05) is 13.2 Å². The Morgan fingerprint density at radius 3 is 2.80 bits per heavy atom. The molecular weight excluding hydrogens is 254 g/mol. The first-order chi connectivity index (χ1) is 9.59. The molecule has 2 rings (SSSR count). The Labute approximate surface area is 120 Å². The van der Waals surface area contributed by atoms with E-state index in [0.717, 1.165) is 12.0 Å². The highest BCUT2D eigenvalue weighted by Crippen LogP contribution is 2.27. The minimum atomic E-state index is -0.830. The molecule has 0 radical (unpaired) electrons. The summed E-state index contributed by atoms with van der Waals surface area (Å²) in [6.45, 7) is 4.66. The van der Waals surface area contributed by atoms with Gasteiger partial charge in [-0.2, -0.15) is 0 Å². The lowest BCUT2D eigenvalue weighted by molar-refractivity contribution is -0.135. The van der Waals surface area contributed by atoms with Gasteiger partial charge in [-0.1, -0.05) is 38.1 Å². The highest BCUT2D eigenvalue weighted by Gasteiger charge is 2.29. The maximum atomic E-state index is 12.3. The van der Waals surface area contributed by atoms with Crippen molar-refractivity contribution in [3.8, 4) is 0 Å². The van der Waals surface area contributed by atoms with Crippen LogP contribution in [-0.4, -0.2) is 29.8 Å². The van der Waals surface area contributed by atoms with Gasteiger partial charge in [0.25, 0.3) is 5.91 Å². The van der Waals surface area contributed by atoms with E-state index in [-0.39, 0.29) is 12.5 Å². The molecule has 0 fully saturated rings.